The lowest BCUT2D eigenvalue weighted by atomic mass is 9.88. The van der Waals surface area contributed by atoms with E-state index in [1.54, 1.807) is 0 Å². The van der Waals surface area contributed by atoms with Gasteiger partial charge in [0.25, 0.3) is 5.79 Å². The molecule has 0 saturated carbocycles. The number of carbonyl (C=O) groups excluding carboxylic acids is 2. The molecule has 16 atom stereocenters. The maximum absolute atomic E-state index is 12.7. The zero-order valence-electron chi connectivity index (χ0n) is 31.8. The van der Waals surface area contributed by atoms with Crippen molar-refractivity contribution in [3.05, 3.63) is 12.7 Å². The van der Waals surface area contributed by atoms with E-state index in [0.29, 0.717) is 19.3 Å². The van der Waals surface area contributed by atoms with Gasteiger partial charge in [-0.15, -0.1) is 6.58 Å². The first-order chi connectivity index (χ1) is 27.1. The Hall–Kier alpha value is -2.49. The number of carboxylic acid groups (broad SMARTS) is 1. The Bertz CT molecular complexity index is 1270. The fourth-order valence-electron chi connectivity index (χ4n) is 6.83. The topological polar surface area (TPSA) is 356 Å². The van der Waals surface area contributed by atoms with E-state index in [1.807, 2.05) is 0 Å². The van der Waals surface area contributed by atoms with E-state index in [9.17, 15) is 65.4 Å². The monoisotopic (exact) mass is 828 g/mol. The third-order valence-electron chi connectivity index (χ3n) is 10.1. The van der Waals surface area contributed by atoms with Crippen LogP contribution in [0.3, 0.4) is 0 Å². The van der Waals surface area contributed by atoms with Crippen molar-refractivity contribution in [1.29, 1.82) is 0 Å². The summed E-state index contributed by atoms with van der Waals surface area (Å²) in [7, 11) is 1.33. The van der Waals surface area contributed by atoms with Crippen LogP contribution in [-0.4, -0.2) is 200 Å². The van der Waals surface area contributed by atoms with Gasteiger partial charge in [0.15, 0.2) is 12.6 Å². The van der Waals surface area contributed by atoms with E-state index < -0.39 is 136 Å². The van der Waals surface area contributed by atoms with Gasteiger partial charge < -0.3 is 95.3 Å². The maximum atomic E-state index is 12.7. The van der Waals surface area contributed by atoms with Crippen molar-refractivity contribution in [3.8, 4) is 0 Å². The van der Waals surface area contributed by atoms with E-state index in [0.717, 1.165) is 25.7 Å². The number of carboxylic acids is 1. The number of aliphatic hydroxyl groups is 9. The zero-order chi connectivity index (χ0) is 42.4. The molecular formula is C35H60N2O20. The summed E-state index contributed by atoms with van der Waals surface area (Å²) in [6, 6.07) is -2.83. The molecule has 3 saturated heterocycles. The number of carbonyl (C=O) groups is 3. The molecule has 0 aliphatic carbocycles. The van der Waals surface area contributed by atoms with Crippen LogP contribution in [0.15, 0.2) is 12.7 Å². The number of esters is 1. The second-order valence-electron chi connectivity index (χ2n) is 14.2. The minimum absolute atomic E-state index is 0.125. The number of nitrogens with two attached hydrogens (primary N) is 1. The van der Waals surface area contributed by atoms with Gasteiger partial charge in [-0.05, 0) is 12.8 Å². The van der Waals surface area contributed by atoms with Crippen LogP contribution in [0.25, 0.3) is 0 Å². The quantitative estimate of drug-likeness (QED) is 0.0261. The highest BCUT2D eigenvalue weighted by Gasteiger charge is 2.59. The second-order valence-corrected chi connectivity index (χ2v) is 14.2. The average molecular weight is 829 g/mol. The smallest absolute Gasteiger partial charge is 0.364 e. The Kier molecular flexibility index (Phi) is 20.0. The maximum Gasteiger partial charge on any atom is 0.364 e. The zero-order valence-corrected chi connectivity index (χ0v) is 31.8. The van der Waals surface area contributed by atoms with E-state index in [2.05, 4.69) is 16.6 Å². The van der Waals surface area contributed by atoms with Gasteiger partial charge in [-0.1, -0.05) is 31.8 Å². The largest absolute Gasteiger partial charge is 0.477 e. The highest BCUT2D eigenvalue weighted by atomic mass is 16.8. The normalized spacial score (nSPS) is 36.9. The van der Waals surface area contributed by atoms with Gasteiger partial charge in [0.05, 0.1) is 39.1 Å². The second kappa shape index (κ2) is 23.3. The minimum Gasteiger partial charge on any atom is -0.477 e. The van der Waals surface area contributed by atoms with Gasteiger partial charge in [0.2, 0.25) is 5.91 Å². The van der Waals surface area contributed by atoms with Crippen LogP contribution in [0.1, 0.15) is 57.8 Å². The average Bonchev–Trinajstić information content (AvgIpc) is 3.19. The third-order valence-corrected chi connectivity index (χ3v) is 10.1. The van der Waals surface area contributed by atoms with Crippen LogP contribution in [0.2, 0.25) is 0 Å². The first kappa shape index (κ1) is 48.9. The van der Waals surface area contributed by atoms with E-state index in [4.69, 9.17) is 34.2 Å². The predicted molar refractivity (Wildman–Crippen MR) is 189 cm³/mol. The molecule has 22 heteroatoms. The Morgan fingerprint density at radius 2 is 1.54 bits per heavy atom. The lowest BCUT2D eigenvalue weighted by molar-refractivity contribution is -0.382. The summed E-state index contributed by atoms with van der Waals surface area (Å²) in [6.07, 6.45) is -18.4. The Morgan fingerprint density at radius 3 is 2.14 bits per heavy atom. The number of aliphatic carboxylic acids is 1. The van der Waals surface area contributed by atoms with Gasteiger partial charge >= 0.3 is 11.9 Å². The highest BCUT2D eigenvalue weighted by molar-refractivity contribution is 5.77. The summed E-state index contributed by atoms with van der Waals surface area (Å²) < 4.78 is 39.1. The SMILES string of the molecule is C=CCC(=O)N[C@H]1[C@H](OCCCCCCCCC(=O)OC)O[C@H](CO)[C@@H](O[C@@H]2O[C@H](CO)[C@H](O)[C@H](O[C@]3(C(=O)O)C[C@H](O)[C@@H](N)[C@H]([C@H](O)[C@H](O)CO)O3)[C@H]2O)[C@@H]1O. The first-order valence-electron chi connectivity index (χ1n) is 18.9. The summed E-state index contributed by atoms with van der Waals surface area (Å²) in [6.45, 7) is 0.892. The molecule has 330 valence electrons. The number of aliphatic hydroxyl groups excluding tert-OH is 9. The number of ether oxygens (including phenoxy) is 7. The van der Waals surface area contributed by atoms with Crippen molar-refractivity contribution in [2.45, 2.75) is 155 Å². The van der Waals surface area contributed by atoms with Crippen molar-refractivity contribution in [2.75, 3.05) is 33.5 Å². The molecular weight excluding hydrogens is 768 g/mol. The number of methoxy groups -OCH3 is 1. The van der Waals surface area contributed by atoms with Gasteiger partial charge in [-0.25, -0.2) is 4.79 Å². The van der Waals surface area contributed by atoms with E-state index in [-0.39, 0.29) is 19.0 Å². The van der Waals surface area contributed by atoms with Crippen LogP contribution in [0.5, 0.6) is 0 Å². The molecule has 22 nitrogen and oxygen atoms in total. The summed E-state index contributed by atoms with van der Waals surface area (Å²) in [4.78, 5) is 36.6. The van der Waals surface area contributed by atoms with Crippen molar-refractivity contribution in [1.82, 2.24) is 5.32 Å². The fraction of sp³-hybridized carbons (Fsp3) is 0.857. The number of amides is 1. The van der Waals surface area contributed by atoms with Crippen LogP contribution in [-0.2, 0) is 47.5 Å². The Morgan fingerprint density at radius 1 is 0.912 bits per heavy atom. The third kappa shape index (κ3) is 12.8. The molecule has 0 aromatic heterocycles. The number of nitrogens with one attached hydrogen (secondary N) is 1. The molecule has 1 amide bonds. The highest BCUT2D eigenvalue weighted by Crippen LogP contribution is 2.38. The molecule has 0 spiro atoms. The molecule has 57 heavy (non-hydrogen) atoms. The molecule has 0 bridgehead atoms. The summed E-state index contributed by atoms with van der Waals surface area (Å²) in [5.74, 6) is -5.75. The van der Waals surface area contributed by atoms with Gasteiger partial charge in [0, 0.05) is 25.9 Å². The fourth-order valence-corrected chi connectivity index (χ4v) is 6.83. The van der Waals surface area contributed by atoms with E-state index >= 15 is 0 Å². The van der Waals surface area contributed by atoms with Crippen LogP contribution < -0.4 is 11.1 Å². The minimum atomic E-state index is -2.97. The number of hydrogen-bond donors (Lipinski definition) is 12. The number of rotatable bonds is 23. The van der Waals surface area contributed by atoms with Crippen molar-refractivity contribution in [3.63, 3.8) is 0 Å². The molecule has 0 unspecified atom stereocenters. The van der Waals surface area contributed by atoms with Gasteiger partial charge in [-0.2, -0.15) is 0 Å². The van der Waals surface area contributed by atoms with Crippen LogP contribution >= 0.6 is 0 Å². The molecule has 0 aromatic rings. The molecule has 3 aliphatic rings. The molecule has 0 aromatic carbocycles. The number of hydrogen-bond acceptors (Lipinski definition) is 20. The standard InChI is InChI=1S/C35H60N2O20/c1-3-10-21(43)37-24-27(47)29(20(16-40)54-32(24)52-12-9-7-5-4-6-8-11-22(44)51-2)55-33-28(48)31(26(46)19(15-39)53-33)57-35(34(49)50)13-17(41)23(36)30(56-35)25(45)18(42)14-38/h3,17-20,23-33,38-42,45-48H,1,4-16,36H2,2H3,(H,37,43)(H,49,50)/t17-,18+,19+,20+,23+,24+,25+,26-,27+,28+,29+,30+,31-,32+,33-,35-/m0/s1. The molecule has 0 radical (unpaired) electrons. The molecule has 13 N–H and O–H groups in total. The Labute approximate surface area is 329 Å². The van der Waals surface area contributed by atoms with E-state index in [1.165, 1.54) is 13.2 Å². The molecule has 3 fully saturated rings. The Balaban J connectivity index is 1.79. The van der Waals surface area contributed by atoms with Crippen molar-refractivity contribution in [2.24, 2.45) is 5.73 Å². The summed E-state index contributed by atoms with van der Waals surface area (Å²) in [5, 5.41) is 108. The molecule has 3 aliphatic heterocycles. The molecule has 3 rings (SSSR count). The van der Waals surface area contributed by atoms with Crippen molar-refractivity contribution < 1.29 is 98.6 Å². The number of unbranched alkanes of at least 4 members (excludes halogenated alkanes) is 5. The summed E-state index contributed by atoms with van der Waals surface area (Å²) >= 11 is 0. The predicted octanol–water partition coefficient (Wildman–Crippen LogP) is -4.77. The van der Waals surface area contributed by atoms with Crippen LogP contribution in [0.4, 0.5) is 0 Å². The molecule has 3 heterocycles. The van der Waals surface area contributed by atoms with Gasteiger partial charge in [0.1, 0.15) is 67.1 Å². The lowest BCUT2D eigenvalue weighted by Crippen LogP contribution is -2.70. The van der Waals surface area contributed by atoms with Crippen molar-refractivity contribution >= 4 is 17.8 Å². The summed E-state index contributed by atoms with van der Waals surface area (Å²) in [5.41, 5.74) is 5.92. The lowest BCUT2D eigenvalue weighted by Gasteiger charge is -2.50. The van der Waals surface area contributed by atoms with Gasteiger partial charge in [-0.3, -0.25) is 9.59 Å². The first-order valence-corrected chi connectivity index (χ1v) is 18.9. The van der Waals surface area contributed by atoms with Crippen LogP contribution in [0, 0.1) is 0 Å².